The summed E-state index contributed by atoms with van der Waals surface area (Å²) in [7, 11) is 2.48. The lowest BCUT2D eigenvalue weighted by atomic mass is 9.84. The van der Waals surface area contributed by atoms with Gasteiger partial charge >= 0.3 is 0 Å². The molecule has 0 bridgehead atoms. The van der Waals surface area contributed by atoms with E-state index in [-0.39, 0.29) is 24.0 Å². The van der Waals surface area contributed by atoms with Crippen LogP contribution in [0.25, 0.3) is 0 Å². The second-order valence-corrected chi connectivity index (χ2v) is 5.17. The zero-order chi connectivity index (χ0) is 11.2. The molecule has 1 amide bonds. The highest BCUT2D eigenvalue weighted by Crippen LogP contribution is 2.39. The van der Waals surface area contributed by atoms with E-state index in [9.17, 15) is 4.79 Å². The van der Waals surface area contributed by atoms with Crippen LogP contribution in [0.2, 0.25) is 0 Å². The van der Waals surface area contributed by atoms with Gasteiger partial charge in [0, 0.05) is 0 Å². The maximum Gasteiger partial charge on any atom is 0.231 e. The number of carbonyl (C=O) groups excluding carboxylic acids is 1. The summed E-state index contributed by atoms with van der Waals surface area (Å²) in [6.45, 7) is 6.42. The molecule has 0 aliphatic carbocycles. The van der Waals surface area contributed by atoms with Crippen molar-refractivity contribution in [2.75, 3.05) is 6.61 Å². The molecule has 3 unspecified atom stereocenters. The first-order valence-electron chi connectivity index (χ1n) is 5.36. The molecule has 0 N–H and O–H groups in total. The first kappa shape index (κ1) is 11.3. The Morgan fingerprint density at radius 2 is 2.27 bits per heavy atom. The largest absolute Gasteiger partial charge is 0.348 e. The van der Waals surface area contributed by atoms with Gasteiger partial charge in [-0.05, 0) is 29.7 Å². The van der Waals surface area contributed by atoms with Crippen molar-refractivity contribution < 1.29 is 14.3 Å². The van der Waals surface area contributed by atoms with Crippen molar-refractivity contribution in [3.05, 3.63) is 0 Å². The summed E-state index contributed by atoms with van der Waals surface area (Å²) >= 11 is 0. The van der Waals surface area contributed by atoms with E-state index >= 15 is 0 Å². The van der Waals surface area contributed by atoms with Crippen LogP contribution in [0, 0.1) is 5.92 Å². The molecule has 2 saturated heterocycles. The van der Waals surface area contributed by atoms with Crippen molar-refractivity contribution in [2.45, 2.75) is 45.1 Å². The highest BCUT2D eigenvalue weighted by molar-refractivity contribution is 7.15. The number of carbonyl (C=O) groups is 1. The molecule has 86 valence electrons. The Morgan fingerprint density at radius 1 is 1.60 bits per heavy atom. The molecule has 4 nitrogen and oxygen atoms in total. The van der Waals surface area contributed by atoms with Gasteiger partial charge in [0.15, 0.2) is 5.79 Å². The molecule has 5 heteroatoms. The molecule has 0 saturated carbocycles. The normalized spacial score (nSPS) is 39.3. The molecule has 0 spiro atoms. The van der Waals surface area contributed by atoms with Crippen LogP contribution in [-0.4, -0.2) is 35.1 Å². The minimum absolute atomic E-state index is 0.0140. The quantitative estimate of drug-likeness (QED) is 0.529. The van der Waals surface area contributed by atoms with Gasteiger partial charge in [-0.3, -0.25) is 4.79 Å². The fourth-order valence-electron chi connectivity index (χ4n) is 2.33. The standard InChI is InChI=1S/C10H18NO3P/c1-4-6-8(11(15)9(6)12)7-5-13-10(2,3)14-7/h6-8H,4-5,15H2,1-3H3/t6-,7?,8?/m1/s1. The molecule has 0 aromatic rings. The van der Waals surface area contributed by atoms with Gasteiger partial charge in [-0.1, -0.05) is 6.92 Å². The molecule has 0 radical (unpaired) electrons. The second kappa shape index (κ2) is 3.69. The molecule has 4 atom stereocenters. The van der Waals surface area contributed by atoms with Crippen LogP contribution in [-0.2, 0) is 14.3 Å². The van der Waals surface area contributed by atoms with Crippen LogP contribution in [0.15, 0.2) is 0 Å². The van der Waals surface area contributed by atoms with E-state index in [0.29, 0.717) is 6.61 Å². The second-order valence-electron chi connectivity index (χ2n) is 4.62. The minimum atomic E-state index is -0.507. The Labute approximate surface area is 92.5 Å². The number of β-lactam (4-membered cyclic amide) rings is 1. The molecule has 2 aliphatic rings. The van der Waals surface area contributed by atoms with E-state index in [0.717, 1.165) is 6.42 Å². The Morgan fingerprint density at radius 3 is 2.73 bits per heavy atom. The molecule has 2 rings (SSSR count). The van der Waals surface area contributed by atoms with E-state index in [1.807, 2.05) is 20.8 Å². The summed E-state index contributed by atoms with van der Waals surface area (Å²) in [6.07, 6.45) is 0.884. The molecule has 2 fully saturated rings. The minimum Gasteiger partial charge on any atom is -0.348 e. The van der Waals surface area contributed by atoms with Crippen LogP contribution in [0.3, 0.4) is 0 Å². The Hall–Kier alpha value is -0.180. The molecule has 2 heterocycles. The van der Waals surface area contributed by atoms with E-state index in [4.69, 9.17) is 9.47 Å². The number of rotatable bonds is 2. The molecule has 0 aromatic heterocycles. The van der Waals surface area contributed by atoms with Crippen LogP contribution < -0.4 is 0 Å². The van der Waals surface area contributed by atoms with Gasteiger partial charge in [-0.15, -0.1) is 0 Å². The van der Waals surface area contributed by atoms with Crippen LogP contribution in [0.5, 0.6) is 0 Å². The van der Waals surface area contributed by atoms with E-state index in [1.165, 1.54) is 0 Å². The Balaban J connectivity index is 2.03. The summed E-state index contributed by atoms with van der Waals surface area (Å²) in [5, 5.41) is 0. The van der Waals surface area contributed by atoms with Gasteiger partial charge in [0.05, 0.1) is 18.6 Å². The van der Waals surface area contributed by atoms with Crippen molar-refractivity contribution in [1.82, 2.24) is 4.67 Å². The fourth-order valence-corrected chi connectivity index (χ4v) is 2.93. The first-order valence-corrected chi connectivity index (χ1v) is 5.87. The summed E-state index contributed by atoms with van der Waals surface area (Å²) in [4.78, 5) is 11.5. The average molecular weight is 231 g/mol. The zero-order valence-electron chi connectivity index (χ0n) is 9.40. The average Bonchev–Trinajstić information content (AvgIpc) is 2.52. The van der Waals surface area contributed by atoms with Crippen molar-refractivity contribution in [3.63, 3.8) is 0 Å². The third-order valence-electron chi connectivity index (χ3n) is 3.16. The number of hydrogen-bond acceptors (Lipinski definition) is 3. The zero-order valence-corrected chi connectivity index (χ0v) is 10.6. The van der Waals surface area contributed by atoms with Crippen molar-refractivity contribution >= 4 is 15.3 Å². The molecule has 15 heavy (non-hydrogen) atoms. The summed E-state index contributed by atoms with van der Waals surface area (Å²) in [6, 6.07) is 0.161. The Kier molecular flexibility index (Phi) is 2.78. The number of hydrogen-bond donors (Lipinski definition) is 0. The SMILES string of the molecule is CC[C@H]1C(=O)N(P)C1C1COC(C)(C)O1. The lowest BCUT2D eigenvalue weighted by Crippen LogP contribution is -2.61. The molecular weight excluding hydrogens is 213 g/mol. The summed E-state index contributed by atoms with van der Waals surface area (Å²) in [5.74, 6) is -0.210. The van der Waals surface area contributed by atoms with Gasteiger partial charge in [0.25, 0.3) is 0 Å². The van der Waals surface area contributed by atoms with Gasteiger partial charge in [-0.2, -0.15) is 0 Å². The molecule has 0 aromatic carbocycles. The third kappa shape index (κ3) is 1.79. The van der Waals surface area contributed by atoms with Crippen LogP contribution in [0.1, 0.15) is 27.2 Å². The predicted octanol–water partition coefficient (Wildman–Crippen LogP) is 1.17. The highest BCUT2D eigenvalue weighted by atomic mass is 31.0. The van der Waals surface area contributed by atoms with Crippen LogP contribution >= 0.6 is 9.39 Å². The number of amides is 1. The van der Waals surface area contributed by atoms with Crippen LogP contribution in [0.4, 0.5) is 0 Å². The molecular formula is C10H18NO3P. The van der Waals surface area contributed by atoms with E-state index in [1.54, 1.807) is 4.67 Å². The first-order chi connectivity index (χ1) is 6.96. The lowest BCUT2D eigenvalue weighted by molar-refractivity contribution is -0.168. The Bertz CT molecular complexity index is 282. The topological polar surface area (TPSA) is 38.8 Å². The van der Waals surface area contributed by atoms with E-state index in [2.05, 4.69) is 9.39 Å². The van der Waals surface area contributed by atoms with E-state index < -0.39 is 5.79 Å². The summed E-state index contributed by atoms with van der Waals surface area (Å²) < 4.78 is 13.0. The molecule has 2 aliphatic heterocycles. The van der Waals surface area contributed by atoms with Crippen molar-refractivity contribution in [1.29, 1.82) is 0 Å². The van der Waals surface area contributed by atoms with Gasteiger partial charge in [0.1, 0.15) is 6.10 Å². The predicted molar refractivity (Wildman–Crippen MR) is 59.0 cm³/mol. The maximum absolute atomic E-state index is 11.5. The monoisotopic (exact) mass is 231 g/mol. The lowest BCUT2D eigenvalue weighted by Gasteiger charge is -2.46. The van der Waals surface area contributed by atoms with Gasteiger partial charge in [0.2, 0.25) is 5.91 Å². The summed E-state index contributed by atoms with van der Waals surface area (Å²) in [5.41, 5.74) is 0. The van der Waals surface area contributed by atoms with Crippen molar-refractivity contribution in [3.8, 4) is 0 Å². The van der Waals surface area contributed by atoms with Gasteiger partial charge in [-0.25, -0.2) is 0 Å². The van der Waals surface area contributed by atoms with Gasteiger partial charge < -0.3 is 14.1 Å². The third-order valence-corrected chi connectivity index (χ3v) is 3.76. The van der Waals surface area contributed by atoms with Crippen molar-refractivity contribution in [2.24, 2.45) is 5.92 Å². The number of ether oxygens (including phenoxy) is 2. The highest BCUT2D eigenvalue weighted by Gasteiger charge is 2.52. The fraction of sp³-hybridized carbons (Fsp3) is 0.900. The maximum atomic E-state index is 11.5. The smallest absolute Gasteiger partial charge is 0.231 e. The number of nitrogens with zero attached hydrogens (tertiary/aromatic N) is 1.